The number of aliphatic hydroxyl groups is 1. The normalized spacial score (nSPS) is 22.5. The Bertz CT molecular complexity index is 425. The van der Waals surface area contributed by atoms with E-state index >= 15 is 0 Å². The first-order valence-electron chi connectivity index (χ1n) is 7.99. The molecule has 2 N–H and O–H groups in total. The van der Waals surface area contributed by atoms with E-state index < -0.39 is 23.4 Å². The van der Waals surface area contributed by atoms with Gasteiger partial charge in [0.1, 0.15) is 11.2 Å². The Hall–Kier alpha value is -1.50. The van der Waals surface area contributed by atoms with Gasteiger partial charge in [-0.25, -0.2) is 9.59 Å². The molecule has 0 radical (unpaired) electrons. The number of ether oxygens (including phenoxy) is 2. The molecule has 0 aromatic rings. The Labute approximate surface area is 138 Å². The van der Waals surface area contributed by atoms with Crippen molar-refractivity contribution in [1.82, 2.24) is 10.2 Å². The molecule has 0 aliphatic carbocycles. The lowest BCUT2D eigenvalue weighted by Crippen LogP contribution is -2.56. The summed E-state index contributed by atoms with van der Waals surface area (Å²) in [5.41, 5.74) is -1.17. The van der Waals surface area contributed by atoms with Gasteiger partial charge in [-0.15, -0.1) is 0 Å². The highest BCUT2D eigenvalue weighted by atomic mass is 16.6. The molecule has 0 spiro atoms. The Morgan fingerprint density at radius 3 is 2.17 bits per heavy atom. The minimum atomic E-state index is -0.599. The van der Waals surface area contributed by atoms with Crippen molar-refractivity contribution in [1.29, 1.82) is 0 Å². The third-order valence-corrected chi connectivity index (χ3v) is 3.34. The van der Waals surface area contributed by atoms with Crippen LogP contribution in [0.3, 0.4) is 0 Å². The summed E-state index contributed by atoms with van der Waals surface area (Å²) in [5, 5.41) is 12.2. The summed E-state index contributed by atoms with van der Waals surface area (Å²) in [5.74, 6) is -0.110. The summed E-state index contributed by atoms with van der Waals surface area (Å²) in [6.45, 7) is 11.5. The van der Waals surface area contributed by atoms with Crippen molar-refractivity contribution < 1.29 is 24.2 Å². The predicted octanol–water partition coefficient (Wildman–Crippen LogP) is 2.13. The summed E-state index contributed by atoms with van der Waals surface area (Å²) < 4.78 is 10.6. The summed E-state index contributed by atoms with van der Waals surface area (Å²) in [6.07, 6.45) is -0.368. The van der Waals surface area contributed by atoms with Gasteiger partial charge in [-0.3, -0.25) is 0 Å². The van der Waals surface area contributed by atoms with Crippen molar-refractivity contribution in [2.24, 2.45) is 5.92 Å². The van der Waals surface area contributed by atoms with E-state index in [9.17, 15) is 14.7 Å². The molecule has 0 unspecified atom stereocenters. The van der Waals surface area contributed by atoms with Gasteiger partial charge in [0.05, 0.1) is 6.04 Å². The van der Waals surface area contributed by atoms with E-state index in [1.807, 2.05) is 20.8 Å². The standard InChI is InChI=1S/C16H30N2O5/c1-15(2,3)22-13(20)17-12-9-18(8-7-11(12)10-19)14(21)23-16(4,5)6/h11-12,19H,7-10H2,1-6H3,(H,17,20)/t11-,12+/m0/s1. The number of nitrogens with zero attached hydrogens (tertiary/aromatic N) is 1. The lowest BCUT2D eigenvalue weighted by atomic mass is 9.92. The number of aliphatic hydroxyl groups excluding tert-OH is 1. The third-order valence-electron chi connectivity index (χ3n) is 3.34. The third kappa shape index (κ3) is 7.07. The van der Waals surface area contributed by atoms with E-state index in [-0.39, 0.29) is 18.6 Å². The summed E-state index contributed by atoms with van der Waals surface area (Å²) in [4.78, 5) is 25.7. The number of piperidine rings is 1. The van der Waals surface area contributed by atoms with Crippen LogP contribution in [0.1, 0.15) is 48.0 Å². The first kappa shape index (κ1) is 19.5. The van der Waals surface area contributed by atoms with Crippen LogP contribution in [0.5, 0.6) is 0 Å². The maximum Gasteiger partial charge on any atom is 0.410 e. The highest BCUT2D eigenvalue weighted by molar-refractivity contribution is 5.70. The molecule has 1 aliphatic heterocycles. The fraction of sp³-hybridized carbons (Fsp3) is 0.875. The minimum absolute atomic E-state index is 0.0530. The van der Waals surface area contributed by atoms with Crippen LogP contribution in [0.15, 0.2) is 0 Å². The highest BCUT2D eigenvalue weighted by Gasteiger charge is 2.34. The molecule has 23 heavy (non-hydrogen) atoms. The molecule has 0 bridgehead atoms. The number of nitrogens with one attached hydrogen (secondary N) is 1. The quantitative estimate of drug-likeness (QED) is 0.810. The van der Waals surface area contributed by atoms with Crippen LogP contribution in [0, 0.1) is 5.92 Å². The van der Waals surface area contributed by atoms with Crippen molar-refractivity contribution in [2.75, 3.05) is 19.7 Å². The van der Waals surface area contributed by atoms with E-state index in [0.717, 1.165) is 0 Å². The number of alkyl carbamates (subject to hydrolysis) is 1. The number of carbonyl (C=O) groups is 2. The van der Waals surface area contributed by atoms with Crippen LogP contribution in [-0.2, 0) is 9.47 Å². The summed E-state index contributed by atoms with van der Waals surface area (Å²) >= 11 is 0. The largest absolute Gasteiger partial charge is 0.444 e. The molecule has 7 nitrogen and oxygen atoms in total. The number of rotatable bonds is 2. The minimum Gasteiger partial charge on any atom is -0.444 e. The summed E-state index contributed by atoms with van der Waals surface area (Å²) in [7, 11) is 0. The van der Waals surface area contributed by atoms with Crippen molar-refractivity contribution >= 4 is 12.2 Å². The van der Waals surface area contributed by atoms with Gasteiger partial charge in [-0.05, 0) is 48.0 Å². The van der Waals surface area contributed by atoms with Gasteiger partial charge >= 0.3 is 12.2 Å². The fourth-order valence-corrected chi connectivity index (χ4v) is 2.33. The number of carbonyl (C=O) groups excluding carboxylic acids is 2. The van der Waals surface area contributed by atoms with Gasteiger partial charge in [-0.1, -0.05) is 0 Å². The average Bonchev–Trinajstić information content (AvgIpc) is 2.34. The van der Waals surface area contributed by atoms with E-state index in [2.05, 4.69) is 5.32 Å². The van der Waals surface area contributed by atoms with Crippen LogP contribution >= 0.6 is 0 Å². The lowest BCUT2D eigenvalue weighted by Gasteiger charge is -2.38. The Kier molecular flexibility index (Phi) is 6.27. The van der Waals surface area contributed by atoms with E-state index in [1.165, 1.54) is 0 Å². The number of likely N-dealkylation sites (tertiary alicyclic amines) is 1. The van der Waals surface area contributed by atoms with Gasteiger partial charge in [0.25, 0.3) is 0 Å². The molecule has 134 valence electrons. The molecule has 0 aromatic heterocycles. The number of amides is 2. The molecule has 1 heterocycles. The first-order chi connectivity index (χ1) is 10.4. The van der Waals surface area contributed by atoms with Crippen LogP contribution in [0.2, 0.25) is 0 Å². The van der Waals surface area contributed by atoms with Gasteiger partial charge < -0.3 is 24.8 Å². The molecule has 2 atom stereocenters. The zero-order valence-electron chi connectivity index (χ0n) is 15.0. The number of hydrogen-bond donors (Lipinski definition) is 2. The number of hydrogen-bond acceptors (Lipinski definition) is 5. The average molecular weight is 330 g/mol. The SMILES string of the molecule is CC(C)(C)OC(=O)N[C@@H]1CN(C(=O)OC(C)(C)C)CC[C@H]1CO. The van der Waals surface area contributed by atoms with Gasteiger partial charge in [0.15, 0.2) is 0 Å². The zero-order valence-corrected chi connectivity index (χ0v) is 15.0. The van der Waals surface area contributed by atoms with Gasteiger partial charge in [0, 0.05) is 25.6 Å². The van der Waals surface area contributed by atoms with E-state index in [4.69, 9.17) is 9.47 Å². The zero-order chi connectivity index (χ0) is 17.8. The molecule has 1 saturated heterocycles. The lowest BCUT2D eigenvalue weighted by molar-refractivity contribution is 0.00628. The maximum absolute atomic E-state index is 12.2. The molecule has 7 heteroatoms. The molecule has 0 aromatic carbocycles. The monoisotopic (exact) mass is 330 g/mol. The van der Waals surface area contributed by atoms with E-state index in [1.54, 1.807) is 25.7 Å². The van der Waals surface area contributed by atoms with Gasteiger partial charge in [-0.2, -0.15) is 0 Å². The Balaban J connectivity index is 2.68. The smallest absolute Gasteiger partial charge is 0.410 e. The van der Waals surface area contributed by atoms with Crippen LogP contribution < -0.4 is 5.32 Å². The predicted molar refractivity (Wildman–Crippen MR) is 86.2 cm³/mol. The van der Waals surface area contributed by atoms with Crippen molar-refractivity contribution in [3.8, 4) is 0 Å². The summed E-state index contributed by atoms with van der Waals surface area (Å²) in [6, 6.07) is -0.365. The molecular formula is C16H30N2O5. The fourth-order valence-electron chi connectivity index (χ4n) is 2.33. The Morgan fingerprint density at radius 1 is 1.13 bits per heavy atom. The molecule has 2 amide bonds. The van der Waals surface area contributed by atoms with Crippen molar-refractivity contribution in [2.45, 2.75) is 65.2 Å². The van der Waals surface area contributed by atoms with E-state index in [0.29, 0.717) is 19.5 Å². The maximum atomic E-state index is 12.2. The highest BCUT2D eigenvalue weighted by Crippen LogP contribution is 2.20. The van der Waals surface area contributed by atoms with Gasteiger partial charge in [0.2, 0.25) is 0 Å². The van der Waals surface area contributed by atoms with Crippen LogP contribution in [0.4, 0.5) is 9.59 Å². The molecule has 1 fully saturated rings. The second kappa shape index (κ2) is 7.38. The van der Waals surface area contributed by atoms with Crippen LogP contribution in [-0.4, -0.2) is 59.1 Å². The second-order valence-corrected chi connectivity index (χ2v) is 7.91. The molecule has 1 rings (SSSR count). The Morgan fingerprint density at radius 2 is 1.70 bits per heavy atom. The molecular weight excluding hydrogens is 300 g/mol. The molecule has 1 aliphatic rings. The second-order valence-electron chi connectivity index (χ2n) is 7.91. The van der Waals surface area contributed by atoms with Crippen molar-refractivity contribution in [3.05, 3.63) is 0 Å². The topological polar surface area (TPSA) is 88.1 Å². The van der Waals surface area contributed by atoms with Crippen LogP contribution in [0.25, 0.3) is 0 Å². The molecule has 0 saturated carbocycles. The van der Waals surface area contributed by atoms with Crippen molar-refractivity contribution in [3.63, 3.8) is 0 Å². The first-order valence-corrected chi connectivity index (χ1v) is 7.99.